The Morgan fingerprint density at radius 3 is 2.13 bits per heavy atom. The zero-order valence-electron chi connectivity index (χ0n) is 7.48. The average molecular weight is 316 g/mol. The fourth-order valence-corrected chi connectivity index (χ4v) is 2.49. The normalized spacial score (nSPS) is 27.1. The van der Waals surface area contributed by atoms with Crippen molar-refractivity contribution >= 4 is 39.1 Å². The molecule has 1 aliphatic rings. The van der Waals surface area contributed by atoms with Crippen molar-refractivity contribution in [3.63, 3.8) is 0 Å². The topological polar surface area (TPSA) is 0 Å². The zero-order valence-corrected chi connectivity index (χ0v) is 10.6. The molecule has 5 heteroatoms. The minimum atomic E-state index is -2.99. The fraction of sp³-hybridized carbons (Fsp3) is 0.400. The summed E-state index contributed by atoms with van der Waals surface area (Å²) in [6.45, 7) is 0. The Morgan fingerprint density at radius 1 is 1.20 bits per heavy atom. The number of rotatable bonds is 1. The van der Waals surface area contributed by atoms with Gasteiger partial charge >= 0.3 is 0 Å². The highest BCUT2D eigenvalue weighted by Crippen LogP contribution is 2.62. The molecule has 0 N–H and O–H groups in total. The second kappa shape index (κ2) is 3.57. The molecule has 1 saturated carbocycles. The summed E-state index contributed by atoms with van der Waals surface area (Å²) in [6.07, 6.45) is -0.290. The number of alkyl halides is 4. The maximum Gasteiger partial charge on any atom is 0.281 e. The van der Waals surface area contributed by atoms with Crippen molar-refractivity contribution in [2.24, 2.45) is 0 Å². The van der Waals surface area contributed by atoms with E-state index in [1.54, 1.807) is 24.3 Å². The van der Waals surface area contributed by atoms with Gasteiger partial charge in [-0.25, -0.2) is 8.78 Å². The lowest BCUT2D eigenvalue weighted by Gasteiger charge is -2.47. The summed E-state index contributed by atoms with van der Waals surface area (Å²) in [5.74, 6) is -3.49. The van der Waals surface area contributed by atoms with Crippen LogP contribution in [0, 0.1) is 0 Å². The molecule has 0 nitrogen and oxygen atoms in total. The second-order valence-electron chi connectivity index (χ2n) is 3.64. The van der Waals surface area contributed by atoms with Crippen LogP contribution in [0.4, 0.5) is 8.78 Å². The van der Waals surface area contributed by atoms with Gasteiger partial charge < -0.3 is 0 Å². The van der Waals surface area contributed by atoms with Crippen LogP contribution in [-0.4, -0.2) is 10.3 Å². The molecule has 15 heavy (non-hydrogen) atoms. The number of benzene rings is 1. The first-order chi connectivity index (χ1) is 6.84. The van der Waals surface area contributed by atoms with Crippen LogP contribution in [0.5, 0.6) is 0 Å². The van der Waals surface area contributed by atoms with Crippen LogP contribution >= 0.6 is 39.1 Å². The van der Waals surface area contributed by atoms with Gasteiger partial charge in [-0.05, 0) is 17.7 Å². The Hall–Kier alpha value is 0.140. The Balaban J connectivity index is 2.25. The lowest BCUT2D eigenvalue weighted by molar-refractivity contribution is -0.0980. The zero-order chi connectivity index (χ0) is 11.3. The monoisotopic (exact) mass is 314 g/mol. The van der Waals surface area contributed by atoms with E-state index in [9.17, 15) is 8.78 Å². The van der Waals surface area contributed by atoms with Crippen molar-refractivity contribution in [2.75, 3.05) is 0 Å². The van der Waals surface area contributed by atoms with Crippen molar-refractivity contribution in [1.82, 2.24) is 0 Å². The van der Waals surface area contributed by atoms with Crippen LogP contribution in [0.1, 0.15) is 17.9 Å². The molecule has 1 fully saturated rings. The predicted octanol–water partition coefficient (Wildman–Crippen LogP) is 4.75. The van der Waals surface area contributed by atoms with Crippen LogP contribution in [0.15, 0.2) is 28.7 Å². The molecular weight excluding hydrogens is 309 g/mol. The molecule has 1 aromatic carbocycles. The van der Waals surface area contributed by atoms with Crippen molar-refractivity contribution in [3.05, 3.63) is 34.3 Å². The van der Waals surface area contributed by atoms with Gasteiger partial charge in [0.05, 0.1) is 0 Å². The first-order valence-corrected chi connectivity index (χ1v) is 5.90. The van der Waals surface area contributed by atoms with Crippen molar-refractivity contribution in [1.29, 1.82) is 0 Å². The first kappa shape index (κ1) is 11.6. The number of hydrogen-bond donors (Lipinski definition) is 0. The van der Waals surface area contributed by atoms with Gasteiger partial charge in [-0.15, -0.1) is 0 Å². The van der Waals surface area contributed by atoms with Gasteiger partial charge in [0.1, 0.15) is 0 Å². The highest BCUT2D eigenvalue weighted by atomic mass is 79.9. The van der Waals surface area contributed by atoms with Gasteiger partial charge in [-0.1, -0.05) is 51.3 Å². The van der Waals surface area contributed by atoms with Crippen LogP contribution < -0.4 is 0 Å². The quantitative estimate of drug-likeness (QED) is 0.656. The minimum Gasteiger partial charge on any atom is -0.203 e. The number of halogens is 5. The van der Waals surface area contributed by atoms with Crippen LogP contribution in [-0.2, 0) is 0 Å². The molecule has 1 aliphatic carbocycles. The van der Waals surface area contributed by atoms with Crippen LogP contribution in [0.2, 0.25) is 0 Å². The van der Waals surface area contributed by atoms with Crippen LogP contribution in [0.3, 0.4) is 0 Å². The third-order valence-electron chi connectivity index (χ3n) is 2.66. The molecule has 0 heterocycles. The lowest BCUT2D eigenvalue weighted by Crippen LogP contribution is -2.55. The molecule has 0 spiro atoms. The Bertz CT molecular complexity index is 376. The van der Waals surface area contributed by atoms with E-state index in [4.69, 9.17) is 23.2 Å². The van der Waals surface area contributed by atoms with Gasteiger partial charge in [0, 0.05) is 16.8 Å². The van der Waals surface area contributed by atoms with E-state index in [-0.39, 0.29) is 6.42 Å². The molecule has 0 aliphatic heterocycles. The van der Waals surface area contributed by atoms with E-state index in [1.807, 2.05) is 0 Å². The van der Waals surface area contributed by atoms with Crippen molar-refractivity contribution in [2.45, 2.75) is 22.6 Å². The molecule has 0 saturated heterocycles. The van der Waals surface area contributed by atoms with Gasteiger partial charge in [-0.3, -0.25) is 0 Å². The lowest BCUT2D eigenvalue weighted by atomic mass is 9.75. The molecule has 82 valence electrons. The minimum absolute atomic E-state index is 0.290. The van der Waals surface area contributed by atoms with Crippen molar-refractivity contribution in [3.8, 4) is 0 Å². The molecule has 2 rings (SSSR count). The summed E-state index contributed by atoms with van der Waals surface area (Å²) >= 11 is 14.6. The van der Waals surface area contributed by atoms with E-state index in [0.29, 0.717) is 0 Å². The molecule has 0 unspecified atom stereocenters. The summed E-state index contributed by atoms with van der Waals surface area (Å²) in [5, 5.41) is 0. The largest absolute Gasteiger partial charge is 0.281 e. The highest BCUT2D eigenvalue weighted by molar-refractivity contribution is 9.10. The number of hydrogen-bond acceptors (Lipinski definition) is 0. The van der Waals surface area contributed by atoms with Gasteiger partial charge in [0.2, 0.25) is 0 Å². The summed E-state index contributed by atoms with van der Waals surface area (Å²) in [4.78, 5) is 0. The van der Waals surface area contributed by atoms with E-state index < -0.39 is 16.2 Å². The molecule has 0 radical (unpaired) electrons. The highest BCUT2D eigenvalue weighted by Gasteiger charge is 2.67. The third-order valence-corrected chi connectivity index (χ3v) is 4.27. The maximum atomic E-state index is 13.1. The predicted molar refractivity (Wildman–Crippen MR) is 60.9 cm³/mol. The molecular formula is C10H7BrCl2F2. The summed E-state index contributed by atoms with van der Waals surface area (Å²) in [5.41, 5.74) is 0.745. The smallest absolute Gasteiger partial charge is 0.203 e. The summed E-state index contributed by atoms with van der Waals surface area (Å²) < 4.78 is 25.0. The fourth-order valence-electron chi connectivity index (χ4n) is 1.67. The Kier molecular flexibility index (Phi) is 2.77. The van der Waals surface area contributed by atoms with Gasteiger partial charge in [0.25, 0.3) is 5.92 Å². The molecule has 1 aromatic rings. The van der Waals surface area contributed by atoms with E-state index >= 15 is 0 Å². The van der Waals surface area contributed by atoms with Crippen molar-refractivity contribution < 1.29 is 8.78 Å². The van der Waals surface area contributed by atoms with E-state index in [0.717, 1.165) is 10.0 Å². The molecule has 1 atom stereocenters. The maximum absolute atomic E-state index is 13.1. The van der Waals surface area contributed by atoms with Gasteiger partial charge in [-0.2, -0.15) is 0 Å². The summed E-state index contributed by atoms with van der Waals surface area (Å²) in [7, 11) is 0. The average Bonchev–Trinajstić information content (AvgIpc) is 2.16. The standard InChI is InChI=1S/C10H7BrCl2F2/c11-7-3-1-6(2-4-7)8-5-9(14,15)10(8,12)13/h1-4,8H,5H2/t8-/m1/s1. The van der Waals surface area contributed by atoms with E-state index in [2.05, 4.69) is 15.9 Å². The summed E-state index contributed by atoms with van der Waals surface area (Å²) in [6, 6.07) is 7.08. The molecule has 0 aromatic heterocycles. The Labute approximate surface area is 105 Å². The van der Waals surface area contributed by atoms with Crippen LogP contribution in [0.25, 0.3) is 0 Å². The van der Waals surface area contributed by atoms with Gasteiger partial charge in [0.15, 0.2) is 4.33 Å². The van der Waals surface area contributed by atoms with E-state index in [1.165, 1.54) is 0 Å². The third kappa shape index (κ3) is 1.79. The second-order valence-corrected chi connectivity index (χ2v) is 5.94. The SMILES string of the molecule is FC1(F)C[C@H](c2ccc(Br)cc2)C1(Cl)Cl. The first-order valence-electron chi connectivity index (χ1n) is 4.36. The molecule has 0 bridgehead atoms. The Morgan fingerprint density at radius 2 is 1.73 bits per heavy atom. The molecule has 0 amide bonds.